The minimum atomic E-state index is 0.301. The third-order valence-electron chi connectivity index (χ3n) is 4.56. The molecule has 6 heteroatoms. The van der Waals surface area contributed by atoms with E-state index in [4.69, 9.17) is 14.2 Å². The molecule has 0 saturated carbocycles. The Balaban J connectivity index is 1.47. The number of methoxy groups -OCH3 is 1. The predicted octanol–water partition coefficient (Wildman–Crippen LogP) is 2.35. The van der Waals surface area contributed by atoms with Crippen LogP contribution in [0.1, 0.15) is 37.8 Å². The SMILES string of the molecule is COc1nc(C)cc(N2CCC(OCC3CCCCO3)CC2)n1. The number of ether oxygens (including phenoxy) is 3. The molecular formula is C17H27N3O3. The number of rotatable bonds is 5. The zero-order valence-corrected chi connectivity index (χ0v) is 14.2. The number of anilines is 1. The van der Waals surface area contributed by atoms with Crippen LogP contribution in [0.3, 0.4) is 0 Å². The molecule has 1 aromatic rings. The van der Waals surface area contributed by atoms with Crippen LogP contribution >= 0.6 is 0 Å². The van der Waals surface area contributed by atoms with Crippen LogP contribution in [0.4, 0.5) is 5.82 Å². The van der Waals surface area contributed by atoms with Gasteiger partial charge in [0.15, 0.2) is 0 Å². The molecule has 1 unspecified atom stereocenters. The van der Waals surface area contributed by atoms with E-state index in [9.17, 15) is 0 Å². The predicted molar refractivity (Wildman–Crippen MR) is 88.1 cm³/mol. The van der Waals surface area contributed by atoms with E-state index in [-0.39, 0.29) is 0 Å². The number of aromatic nitrogens is 2. The largest absolute Gasteiger partial charge is 0.467 e. The van der Waals surface area contributed by atoms with E-state index in [2.05, 4.69) is 14.9 Å². The lowest BCUT2D eigenvalue weighted by molar-refractivity contribution is -0.0672. The summed E-state index contributed by atoms with van der Waals surface area (Å²) in [6.07, 6.45) is 6.28. The monoisotopic (exact) mass is 321 g/mol. The molecule has 0 aliphatic carbocycles. The van der Waals surface area contributed by atoms with Gasteiger partial charge in [0.25, 0.3) is 0 Å². The highest BCUT2D eigenvalue weighted by atomic mass is 16.5. The highest BCUT2D eigenvalue weighted by Crippen LogP contribution is 2.22. The van der Waals surface area contributed by atoms with Crippen molar-refractivity contribution in [3.05, 3.63) is 11.8 Å². The zero-order valence-electron chi connectivity index (χ0n) is 14.2. The maximum atomic E-state index is 6.07. The first kappa shape index (κ1) is 16.5. The Kier molecular flexibility index (Phi) is 5.67. The van der Waals surface area contributed by atoms with Gasteiger partial charge in [-0.1, -0.05) is 0 Å². The normalized spacial score (nSPS) is 23.0. The fraction of sp³-hybridized carbons (Fsp3) is 0.765. The maximum Gasteiger partial charge on any atom is 0.318 e. The molecule has 2 aliphatic heterocycles. The molecular weight excluding hydrogens is 294 g/mol. The van der Waals surface area contributed by atoms with E-state index in [0.717, 1.165) is 57.1 Å². The minimum Gasteiger partial charge on any atom is -0.467 e. The average molecular weight is 321 g/mol. The highest BCUT2D eigenvalue weighted by Gasteiger charge is 2.23. The number of nitrogens with zero attached hydrogens (tertiary/aromatic N) is 3. The van der Waals surface area contributed by atoms with Gasteiger partial charge in [-0.15, -0.1) is 0 Å². The van der Waals surface area contributed by atoms with Crippen molar-refractivity contribution in [2.75, 3.05) is 38.3 Å². The number of aryl methyl sites for hydroxylation is 1. The Morgan fingerprint density at radius 1 is 1.22 bits per heavy atom. The maximum absolute atomic E-state index is 6.07. The first-order valence-corrected chi connectivity index (χ1v) is 8.62. The lowest BCUT2D eigenvalue weighted by Crippen LogP contribution is -2.39. The Labute approximate surface area is 138 Å². The molecule has 0 N–H and O–H groups in total. The van der Waals surface area contributed by atoms with Crippen molar-refractivity contribution < 1.29 is 14.2 Å². The summed E-state index contributed by atoms with van der Waals surface area (Å²) in [6, 6.07) is 2.45. The Bertz CT molecular complexity index is 498. The summed E-state index contributed by atoms with van der Waals surface area (Å²) < 4.78 is 17.0. The van der Waals surface area contributed by atoms with Gasteiger partial charge in [-0.05, 0) is 39.0 Å². The van der Waals surface area contributed by atoms with Crippen LogP contribution in [-0.2, 0) is 9.47 Å². The summed E-state index contributed by atoms with van der Waals surface area (Å²) in [5, 5.41) is 0. The van der Waals surface area contributed by atoms with Gasteiger partial charge in [-0.2, -0.15) is 4.98 Å². The Morgan fingerprint density at radius 3 is 2.74 bits per heavy atom. The molecule has 128 valence electrons. The second kappa shape index (κ2) is 7.93. The van der Waals surface area contributed by atoms with Gasteiger partial charge in [0, 0.05) is 31.5 Å². The van der Waals surface area contributed by atoms with Crippen LogP contribution in [0, 0.1) is 6.92 Å². The summed E-state index contributed by atoms with van der Waals surface area (Å²) in [6.45, 7) is 5.51. The van der Waals surface area contributed by atoms with E-state index in [1.165, 1.54) is 12.8 Å². The van der Waals surface area contributed by atoms with Crippen LogP contribution in [0.25, 0.3) is 0 Å². The van der Waals surface area contributed by atoms with Crippen molar-refractivity contribution in [2.24, 2.45) is 0 Å². The molecule has 1 atom stereocenters. The van der Waals surface area contributed by atoms with Gasteiger partial charge < -0.3 is 19.1 Å². The molecule has 0 aromatic carbocycles. The number of hydrogen-bond acceptors (Lipinski definition) is 6. The van der Waals surface area contributed by atoms with Crippen LogP contribution in [0.5, 0.6) is 6.01 Å². The van der Waals surface area contributed by atoms with E-state index < -0.39 is 0 Å². The lowest BCUT2D eigenvalue weighted by atomic mass is 10.1. The van der Waals surface area contributed by atoms with Gasteiger partial charge in [0.2, 0.25) is 0 Å². The summed E-state index contributed by atoms with van der Waals surface area (Å²) in [4.78, 5) is 11.0. The van der Waals surface area contributed by atoms with E-state index >= 15 is 0 Å². The summed E-state index contributed by atoms with van der Waals surface area (Å²) in [5.74, 6) is 0.948. The van der Waals surface area contributed by atoms with Crippen LogP contribution < -0.4 is 9.64 Å². The van der Waals surface area contributed by atoms with Crippen molar-refractivity contribution in [1.29, 1.82) is 0 Å². The third-order valence-corrected chi connectivity index (χ3v) is 4.56. The van der Waals surface area contributed by atoms with Crippen molar-refractivity contribution >= 4 is 5.82 Å². The molecule has 3 heterocycles. The van der Waals surface area contributed by atoms with Crippen LogP contribution in [0.15, 0.2) is 6.07 Å². The van der Waals surface area contributed by atoms with Gasteiger partial charge >= 0.3 is 6.01 Å². The third kappa shape index (κ3) is 4.54. The van der Waals surface area contributed by atoms with E-state index in [1.807, 2.05) is 13.0 Å². The smallest absolute Gasteiger partial charge is 0.318 e. The Hall–Kier alpha value is -1.40. The van der Waals surface area contributed by atoms with Crippen LogP contribution in [-0.4, -0.2) is 55.6 Å². The van der Waals surface area contributed by atoms with Crippen molar-refractivity contribution in [1.82, 2.24) is 9.97 Å². The number of hydrogen-bond donors (Lipinski definition) is 0. The molecule has 1 aromatic heterocycles. The van der Waals surface area contributed by atoms with Gasteiger partial charge in [0.1, 0.15) is 5.82 Å². The van der Waals surface area contributed by atoms with Crippen molar-refractivity contribution in [3.63, 3.8) is 0 Å². The van der Waals surface area contributed by atoms with Gasteiger partial charge in [0.05, 0.1) is 25.9 Å². The van der Waals surface area contributed by atoms with Gasteiger partial charge in [-0.3, -0.25) is 0 Å². The van der Waals surface area contributed by atoms with E-state index in [1.54, 1.807) is 7.11 Å². The molecule has 2 saturated heterocycles. The second-order valence-electron chi connectivity index (χ2n) is 6.36. The topological polar surface area (TPSA) is 56.7 Å². The average Bonchev–Trinajstić information content (AvgIpc) is 2.60. The molecule has 2 aliphatic rings. The molecule has 23 heavy (non-hydrogen) atoms. The lowest BCUT2D eigenvalue weighted by Gasteiger charge is -2.33. The van der Waals surface area contributed by atoms with Crippen LogP contribution in [0.2, 0.25) is 0 Å². The first-order chi connectivity index (χ1) is 11.2. The second-order valence-corrected chi connectivity index (χ2v) is 6.36. The quantitative estimate of drug-likeness (QED) is 0.830. The van der Waals surface area contributed by atoms with Gasteiger partial charge in [-0.25, -0.2) is 4.98 Å². The fourth-order valence-corrected chi connectivity index (χ4v) is 3.21. The molecule has 0 radical (unpaired) electrons. The molecule has 3 rings (SSSR count). The molecule has 6 nitrogen and oxygen atoms in total. The first-order valence-electron chi connectivity index (χ1n) is 8.62. The summed E-state index contributed by atoms with van der Waals surface area (Å²) >= 11 is 0. The standard InChI is InChI=1S/C17H27N3O3/c1-13-11-16(19-17(18-13)21-2)20-8-6-14(7-9-20)23-12-15-5-3-4-10-22-15/h11,14-15H,3-10,12H2,1-2H3. The molecule has 2 fully saturated rings. The van der Waals surface area contributed by atoms with E-state index in [0.29, 0.717) is 18.2 Å². The number of piperidine rings is 1. The molecule has 0 spiro atoms. The fourth-order valence-electron chi connectivity index (χ4n) is 3.21. The minimum absolute atomic E-state index is 0.301. The van der Waals surface area contributed by atoms with Crippen molar-refractivity contribution in [3.8, 4) is 6.01 Å². The molecule has 0 amide bonds. The zero-order chi connectivity index (χ0) is 16.1. The summed E-state index contributed by atoms with van der Waals surface area (Å²) in [5.41, 5.74) is 0.930. The highest BCUT2D eigenvalue weighted by molar-refractivity contribution is 5.41. The van der Waals surface area contributed by atoms with Crippen molar-refractivity contribution in [2.45, 2.75) is 51.2 Å². The Morgan fingerprint density at radius 2 is 2.04 bits per heavy atom. The molecule has 0 bridgehead atoms. The summed E-state index contributed by atoms with van der Waals surface area (Å²) in [7, 11) is 1.60.